The van der Waals surface area contributed by atoms with Crippen molar-refractivity contribution in [3.8, 4) is 0 Å². The summed E-state index contributed by atoms with van der Waals surface area (Å²) in [5.41, 5.74) is 0. The van der Waals surface area contributed by atoms with Crippen LogP contribution in [0.1, 0.15) is 70.6 Å². The van der Waals surface area contributed by atoms with Gasteiger partial charge in [0.05, 0.1) is 0 Å². The topological polar surface area (TPSA) is 0 Å². The summed E-state index contributed by atoms with van der Waals surface area (Å²) in [5.74, 6) is 0. The van der Waals surface area contributed by atoms with Gasteiger partial charge in [-0.2, -0.15) is 0 Å². The molecule has 90 valence electrons. The Hall–Kier alpha value is 0.960. The van der Waals surface area contributed by atoms with Crippen LogP contribution in [0, 0.1) is 0 Å². The fourth-order valence-corrected chi connectivity index (χ4v) is 3.58. The van der Waals surface area contributed by atoms with Gasteiger partial charge in [0.15, 0.2) is 0 Å². The molecule has 2 unspecified atom stereocenters. The summed E-state index contributed by atoms with van der Waals surface area (Å²) < 4.78 is 0. The molecule has 0 N–H and O–H groups in total. The number of halogens is 2. The standard InChI is InChI=1S/C13H24Br2/c14-12-8-4-1-2-5-9-13(15)11-7-3-6-10-12/h12-13H,1-11H2. The maximum absolute atomic E-state index is 3.80. The van der Waals surface area contributed by atoms with E-state index in [2.05, 4.69) is 31.9 Å². The maximum atomic E-state index is 3.80. The van der Waals surface area contributed by atoms with Crippen LogP contribution in [0.2, 0.25) is 0 Å². The van der Waals surface area contributed by atoms with Crippen LogP contribution < -0.4 is 0 Å². The minimum atomic E-state index is 0.790. The van der Waals surface area contributed by atoms with Crippen LogP contribution in [0.5, 0.6) is 0 Å². The minimum absolute atomic E-state index is 0.790. The van der Waals surface area contributed by atoms with Crippen molar-refractivity contribution in [2.75, 3.05) is 0 Å². The molecule has 0 heterocycles. The fourth-order valence-electron chi connectivity index (χ4n) is 2.28. The Labute approximate surface area is 112 Å². The van der Waals surface area contributed by atoms with Gasteiger partial charge in [-0.25, -0.2) is 0 Å². The van der Waals surface area contributed by atoms with Crippen molar-refractivity contribution in [3.05, 3.63) is 0 Å². The van der Waals surface area contributed by atoms with Crippen LogP contribution >= 0.6 is 31.9 Å². The summed E-state index contributed by atoms with van der Waals surface area (Å²) in [6, 6.07) is 0. The predicted molar refractivity (Wildman–Crippen MR) is 76.2 cm³/mol. The number of hydrogen-bond acceptors (Lipinski definition) is 0. The van der Waals surface area contributed by atoms with Gasteiger partial charge >= 0.3 is 0 Å². The summed E-state index contributed by atoms with van der Waals surface area (Å²) in [6.45, 7) is 0. The highest BCUT2D eigenvalue weighted by Gasteiger charge is 2.07. The lowest BCUT2D eigenvalue weighted by Crippen LogP contribution is -1.98. The molecule has 0 spiro atoms. The summed E-state index contributed by atoms with van der Waals surface area (Å²) in [4.78, 5) is 1.58. The molecule has 0 saturated heterocycles. The highest BCUT2D eigenvalue weighted by atomic mass is 79.9. The van der Waals surface area contributed by atoms with Crippen LogP contribution in [0.15, 0.2) is 0 Å². The first-order valence-corrected chi connectivity index (χ1v) is 8.40. The largest absolute Gasteiger partial charge is 0.0891 e. The van der Waals surface area contributed by atoms with E-state index in [1.807, 2.05) is 0 Å². The average Bonchev–Trinajstić information content (AvgIpc) is 2.23. The van der Waals surface area contributed by atoms with Crippen molar-refractivity contribution < 1.29 is 0 Å². The van der Waals surface area contributed by atoms with Crippen molar-refractivity contribution in [1.82, 2.24) is 0 Å². The van der Waals surface area contributed by atoms with Gasteiger partial charge in [-0.1, -0.05) is 76.8 Å². The van der Waals surface area contributed by atoms with Crippen molar-refractivity contribution in [2.45, 2.75) is 80.3 Å². The number of hydrogen-bond donors (Lipinski definition) is 0. The second kappa shape index (κ2) is 9.04. The summed E-state index contributed by atoms with van der Waals surface area (Å²) in [6.07, 6.45) is 15.5. The van der Waals surface area contributed by atoms with E-state index in [1.54, 1.807) is 0 Å². The van der Waals surface area contributed by atoms with E-state index < -0.39 is 0 Å². The lowest BCUT2D eigenvalue weighted by atomic mass is 10.1. The first-order chi connectivity index (χ1) is 7.29. The van der Waals surface area contributed by atoms with Crippen LogP contribution in [0.25, 0.3) is 0 Å². The Morgan fingerprint density at radius 2 is 0.733 bits per heavy atom. The first kappa shape index (κ1) is 14.0. The fraction of sp³-hybridized carbons (Fsp3) is 1.00. The van der Waals surface area contributed by atoms with Crippen molar-refractivity contribution in [3.63, 3.8) is 0 Å². The summed E-state index contributed by atoms with van der Waals surface area (Å²) in [5, 5.41) is 0. The molecule has 2 atom stereocenters. The molecule has 0 aromatic rings. The molecule has 0 nitrogen and oxygen atoms in total. The average molecular weight is 340 g/mol. The molecule has 0 bridgehead atoms. The second-order valence-corrected chi connectivity index (χ2v) is 7.41. The lowest BCUT2D eigenvalue weighted by molar-refractivity contribution is 0.576. The van der Waals surface area contributed by atoms with Crippen LogP contribution in [0.4, 0.5) is 0 Å². The molecule has 15 heavy (non-hydrogen) atoms. The van der Waals surface area contributed by atoms with Crippen LogP contribution in [0.3, 0.4) is 0 Å². The molecule has 0 aromatic heterocycles. The molecule has 1 aliphatic rings. The molecule has 1 aliphatic carbocycles. The van der Waals surface area contributed by atoms with Gasteiger partial charge in [0.1, 0.15) is 0 Å². The van der Waals surface area contributed by atoms with Gasteiger partial charge in [0, 0.05) is 9.65 Å². The zero-order valence-corrected chi connectivity index (χ0v) is 12.9. The molecule has 0 amide bonds. The Morgan fingerprint density at radius 1 is 0.467 bits per heavy atom. The van der Waals surface area contributed by atoms with Crippen LogP contribution in [-0.2, 0) is 0 Å². The van der Waals surface area contributed by atoms with Gasteiger partial charge in [-0.3, -0.25) is 0 Å². The molecule has 0 radical (unpaired) electrons. The van der Waals surface area contributed by atoms with Gasteiger partial charge in [0.25, 0.3) is 0 Å². The van der Waals surface area contributed by atoms with Gasteiger partial charge < -0.3 is 0 Å². The molecule has 0 aliphatic heterocycles. The normalized spacial score (nSPS) is 32.4. The van der Waals surface area contributed by atoms with E-state index in [0.29, 0.717) is 0 Å². The third kappa shape index (κ3) is 7.79. The quantitative estimate of drug-likeness (QED) is 0.488. The smallest absolute Gasteiger partial charge is 0.0145 e. The van der Waals surface area contributed by atoms with E-state index >= 15 is 0 Å². The van der Waals surface area contributed by atoms with E-state index in [9.17, 15) is 0 Å². The summed E-state index contributed by atoms with van der Waals surface area (Å²) in [7, 11) is 0. The molecular weight excluding hydrogens is 316 g/mol. The van der Waals surface area contributed by atoms with E-state index in [-0.39, 0.29) is 0 Å². The molecule has 0 aromatic carbocycles. The van der Waals surface area contributed by atoms with E-state index in [4.69, 9.17) is 0 Å². The molecule has 1 saturated carbocycles. The lowest BCUT2D eigenvalue weighted by Gasteiger charge is -2.09. The molecule has 2 heteroatoms. The monoisotopic (exact) mass is 338 g/mol. The maximum Gasteiger partial charge on any atom is 0.0145 e. The Bertz CT molecular complexity index is 131. The predicted octanol–water partition coefficient (Wildman–Crippen LogP) is 5.82. The number of alkyl halides is 2. The second-order valence-electron chi connectivity index (χ2n) is 4.82. The van der Waals surface area contributed by atoms with Gasteiger partial charge in [-0.05, 0) is 25.7 Å². The van der Waals surface area contributed by atoms with E-state index in [0.717, 1.165) is 9.65 Å². The zero-order valence-electron chi connectivity index (χ0n) is 9.69. The third-order valence-corrected chi connectivity index (χ3v) is 5.15. The Kier molecular flexibility index (Phi) is 8.45. The highest BCUT2D eigenvalue weighted by molar-refractivity contribution is 9.09. The van der Waals surface area contributed by atoms with Crippen molar-refractivity contribution >= 4 is 31.9 Å². The van der Waals surface area contributed by atoms with Gasteiger partial charge in [0.2, 0.25) is 0 Å². The third-order valence-electron chi connectivity index (χ3n) is 3.32. The van der Waals surface area contributed by atoms with Gasteiger partial charge in [-0.15, -0.1) is 0 Å². The zero-order chi connectivity index (χ0) is 10.9. The van der Waals surface area contributed by atoms with Crippen LogP contribution in [-0.4, -0.2) is 9.65 Å². The molecular formula is C13H24Br2. The Morgan fingerprint density at radius 3 is 1.07 bits per heavy atom. The van der Waals surface area contributed by atoms with Crippen molar-refractivity contribution in [1.29, 1.82) is 0 Å². The van der Waals surface area contributed by atoms with Crippen molar-refractivity contribution in [2.24, 2.45) is 0 Å². The SMILES string of the molecule is BrC1CCCCCCC(Br)CCCCC1. The molecule has 1 fully saturated rings. The highest BCUT2D eigenvalue weighted by Crippen LogP contribution is 2.23. The minimum Gasteiger partial charge on any atom is -0.0891 e. The number of rotatable bonds is 0. The van der Waals surface area contributed by atoms with E-state index in [1.165, 1.54) is 70.6 Å². The Balaban J connectivity index is 2.20. The molecule has 1 rings (SSSR count). The summed E-state index contributed by atoms with van der Waals surface area (Å²) >= 11 is 7.60. The first-order valence-electron chi connectivity index (χ1n) is 6.57.